The quantitative estimate of drug-likeness (QED) is 0.456. The van der Waals surface area contributed by atoms with Gasteiger partial charge in [0, 0.05) is 26.2 Å². The number of hydrogen-bond donors (Lipinski definition) is 0. The Hall–Kier alpha value is -1.50. The zero-order valence-electron chi connectivity index (χ0n) is 11.3. The molecule has 0 heterocycles. The van der Waals surface area contributed by atoms with Gasteiger partial charge < -0.3 is 5.48 Å². The van der Waals surface area contributed by atoms with Crippen LogP contribution in [-0.4, -0.2) is 31.7 Å². The second-order valence-electron chi connectivity index (χ2n) is 3.46. The van der Waals surface area contributed by atoms with Gasteiger partial charge in [-0.1, -0.05) is 109 Å². The topological polar surface area (TPSA) is 31.5 Å². The van der Waals surface area contributed by atoms with Crippen LogP contribution in [0, 0.1) is 0 Å². The Kier molecular flexibility index (Phi) is 18.2. The van der Waals surface area contributed by atoms with E-state index < -0.39 is 0 Å². The van der Waals surface area contributed by atoms with Gasteiger partial charge in [0.15, 0.2) is 0 Å². The first kappa shape index (κ1) is 20.8. The summed E-state index contributed by atoms with van der Waals surface area (Å²) in [5.74, 6) is 0. The number of benzene rings is 3. The molecule has 2 heteroatoms. The van der Waals surface area contributed by atoms with Crippen LogP contribution in [0.2, 0.25) is 0 Å². The molecule has 0 aromatic heterocycles. The summed E-state index contributed by atoms with van der Waals surface area (Å²) in [5.41, 5.74) is 0. The van der Waals surface area contributed by atoms with Gasteiger partial charge in [-0.15, -0.1) is 0 Å². The van der Waals surface area contributed by atoms with Crippen molar-refractivity contribution in [2.45, 2.75) is 0 Å². The second kappa shape index (κ2) is 17.5. The maximum Gasteiger partial charge on any atom is 0 e. The number of rotatable bonds is 0. The molecule has 3 aromatic rings. The van der Waals surface area contributed by atoms with Gasteiger partial charge in [0.1, 0.15) is 0 Å². The summed E-state index contributed by atoms with van der Waals surface area (Å²) in [6.45, 7) is 0. The molecular weight excluding hydrogens is 441 g/mol. The van der Waals surface area contributed by atoms with Gasteiger partial charge >= 0.3 is 0 Å². The van der Waals surface area contributed by atoms with E-state index in [2.05, 4.69) is 0 Å². The third kappa shape index (κ3) is 14.6. The van der Waals surface area contributed by atoms with Crippen molar-refractivity contribution in [3.63, 3.8) is 0 Å². The Morgan fingerprint density at radius 3 is 0.300 bits per heavy atom. The van der Waals surface area contributed by atoms with E-state index >= 15 is 0 Å². The van der Waals surface area contributed by atoms with Crippen LogP contribution in [0.3, 0.4) is 0 Å². The first-order valence-electron chi connectivity index (χ1n) is 6.00. The van der Waals surface area contributed by atoms with Crippen molar-refractivity contribution in [3.8, 4) is 0 Å². The Bertz CT molecular complexity index is 302. The van der Waals surface area contributed by atoms with Gasteiger partial charge in [-0.2, -0.15) is 0 Å². The van der Waals surface area contributed by atoms with Crippen LogP contribution < -0.4 is 0 Å². The molecule has 0 aliphatic rings. The average molecular weight is 461 g/mol. The summed E-state index contributed by atoms with van der Waals surface area (Å²) in [7, 11) is 0. The monoisotopic (exact) mass is 461 g/mol. The third-order valence-corrected chi connectivity index (χ3v) is 2.00. The van der Waals surface area contributed by atoms with Crippen LogP contribution in [-0.2, 0) is 0 Å². The molecule has 0 spiro atoms. The van der Waals surface area contributed by atoms with E-state index in [0.29, 0.717) is 0 Å². The van der Waals surface area contributed by atoms with Crippen LogP contribution in [0.15, 0.2) is 109 Å². The Balaban J connectivity index is 0. The van der Waals surface area contributed by atoms with Crippen LogP contribution in [0.25, 0.3) is 0 Å². The van der Waals surface area contributed by atoms with Gasteiger partial charge in [-0.05, 0) is 0 Å². The fourth-order valence-corrected chi connectivity index (χ4v) is 1.15. The molecule has 0 atom stereocenters. The molecule has 2 N–H and O–H groups in total. The third-order valence-electron chi connectivity index (χ3n) is 2.00. The van der Waals surface area contributed by atoms with Crippen LogP contribution in [0.5, 0.6) is 0 Å². The fraction of sp³-hybridized carbons (Fsp3) is 0. The summed E-state index contributed by atoms with van der Waals surface area (Å²) in [6.07, 6.45) is 0. The van der Waals surface area contributed by atoms with Crippen molar-refractivity contribution in [1.82, 2.24) is 0 Å². The molecule has 0 fully saturated rings. The standard InChI is InChI=1S/3C6H6.Bi.H2O/c3*1-2-4-6-5-3-1;;/h3*1-6H;;1H2. The minimum absolute atomic E-state index is 0. The summed E-state index contributed by atoms with van der Waals surface area (Å²) < 4.78 is 0. The first-order valence-corrected chi connectivity index (χ1v) is 6.00. The normalized spacial score (nSPS) is 7.20. The average Bonchev–Trinajstić information content (AvgIpc) is 2.54. The molecule has 0 amide bonds. The molecule has 3 rings (SSSR count). The predicted molar refractivity (Wildman–Crippen MR) is 88.7 cm³/mol. The molecule has 0 saturated carbocycles. The summed E-state index contributed by atoms with van der Waals surface area (Å²) >= 11 is 0. The predicted octanol–water partition coefficient (Wildman–Crippen LogP) is 3.85. The molecule has 0 saturated heterocycles. The summed E-state index contributed by atoms with van der Waals surface area (Å²) in [6, 6.07) is 36.0. The molecule has 0 bridgehead atoms. The van der Waals surface area contributed by atoms with Crippen molar-refractivity contribution in [3.05, 3.63) is 109 Å². The van der Waals surface area contributed by atoms with Gasteiger partial charge in [-0.3, -0.25) is 0 Å². The van der Waals surface area contributed by atoms with E-state index in [0.717, 1.165) is 0 Å². The Morgan fingerprint density at radius 1 is 0.200 bits per heavy atom. The minimum atomic E-state index is 0. The zero-order valence-corrected chi connectivity index (χ0v) is 14.8. The maximum atomic E-state index is 2.00. The summed E-state index contributed by atoms with van der Waals surface area (Å²) in [5, 5.41) is 0. The largest absolute Gasteiger partial charge is 0.412 e. The maximum absolute atomic E-state index is 2.00. The van der Waals surface area contributed by atoms with Gasteiger partial charge in [-0.25, -0.2) is 0 Å². The Labute approximate surface area is 140 Å². The minimum Gasteiger partial charge on any atom is -0.412 e. The van der Waals surface area contributed by atoms with E-state index in [-0.39, 0.29) is 31.7 Å². The molecule has 0 aliphatic carbocycles. The Morgan fingerprint density at radius 2 is 0.250 bits per heavy atom. The van der Waals surface area contributed by atoms with Gasteiger partial charge in [0.05, 0.1) is 0 Å². The van der Waals surface area contributed by atoms with Gasteiger partial charge in [0.2, 0.25) is 0 Å². The fourth-order valence-electron chi connectivity index (χ4n) is 1.15. The van der Waals surface area contributed by atoms with Crippen molar-refractivity contribution in [1.29, 1.82) is 0 Å². The molecule has 0 aliphatic heterocycles. The SMILES string of the molecule is O.[Bi].c1ccccc1.c1ccccc1.c1ccccc1. The molecule has 1 nitrogen and oxygen atoms in total. The molecule has 20 heavy (non-hydrogen) atoms. The van der Waals surface area contributed by atoms with Crippen molar-refractivity contribution >= 4 is 26.2 Å². The van der Waals surface area contributed by atoms with E-state index in [1.165, 1.54) is 0 Å². The van der Waals surface area contributed by atoms with Crippen molar-refractivity contribution < 1.29 is 5.48 Å². The van der Waals surface area contributed by atoms with E-state index in [1.54, 1.807) is 0 Å². The summed E-state index contributed by atoms with van der Waals surface area (Å²) in [4.78, 5) is 0. The van der Waals surface area contributed by atoms with Gasteiger partial charge in [0.25, 0.3) is 0 Å². The van der Waals surface area contributed by atoms with Crippen LogP contribution in [0.1, 0.15) is 0 Å². The van der Waals surface area contributed by atoms with Crippen molar-refractivity contribution in [2.75, 3.05) is 0 Å². The molecule has 3 radical (unpaired) electrons. The first-order chi connectivity index (χ1) is 9.00. The molecular formula is C18H20BiO. The van der Waals surface area contributed by atoms with E-state index in [1.807, 2.05) is 109 Å². The zero-order chi connectivity index (χ0) is 12.7. The smallest absolute Gasteiger partial charge is 0 e. The van der Waals surface area contributed by atoms with E-state index in [9.17, 15) is 0 Å². The molecule has 0 unspecified atom stereocenters. The van der Waals surface area contributed by atoms with E-state index in [4.69, 9.17) is 0 Å². The molecule has 3 aromatic carbocycles. The second-order valence-corrected chi connectivity index (χ2v) is 3.46. The van der Waals surface area contributed by atoms with Crippen LogP contribution in [0.4, 0.5) is 0 Å². The van der Waals surface area contributed by atoms with Crippen molar-refractivity contribution in [2.24, 2.45) is 0 Å². The molecule has 103 valence electrons. The number of hydrogen-bond acceptors (Lipinski definition) is 0. The van der Waals surface area contributed by atoms with Crippen LogP contribution >= 0.6 is 0 Å².